The number of aromatic hydroxyl groups is 1. The molecule has 0 radical (unpaired) electrons. The number of rotatable bonds is 3. The second-order valence-electron chi connectivity index (χ2n) is 5.91. The molecule has 100 valence electrons. The molecule has 2 nitrogen and oxygen atoms in total. The first-order valence-corrected chi connectivity index (χ1v) is 7.12. The van der Waals surface area contributed by atoms with Crippen LogP contribution in [0.1, 0.15) is 51.6 Å². The molecule has 1 saturated carbocycles. The van der Waals surface area contributed by atoms with E-state index in [-0.39, 0.29) is 6.04 Å². The van der Waals surface area contributed by atoms with Gasteiger partial charge in [0, 0.05) is 17.6 Å². The molecular weight excluding hydrogens is 222 g/mol. The van der Waals surface area contributed by atoms with Crippen LogP contribution in [0.5, 0.6) is 5.75 Å². The average Bonchev–Trinajstić information content (AvgIpc) is 2.34. The van der Waals surface area contributed by atoms with Gasteiger partial charge in [0.25, 0.3) is 0 Å². The van der Waals surface area contributed by atoms with Crippen molar-refractivity contribution in [1.82, 2.24) is 5.32 Å². The SMILES string of the molecule is CC(NC1CCC(C)C(C)C1)c1ccccc1O. The zero-order valence-corrected chi connectivity index (χ0v) is 11.7. The quantitative estimate of drug-likeness (QED) is 0.850. The normalized spacial score (nSPS) is 30.1. The fraction of sp³-hybridized carbons (Fsp3) is 0.625. The number of phenolic OH excluding ortho intramolecular Hbond substituents is 1. The molecule has 4 unspecified atom stereocenters. The number of para-hydroxylation sites is 1. The molecular formula is C16H25NO. The van der Waals surface area contributed by atoms with Gasteiger partial charge in [0.1, 0.15) is 5.75 Å². The lowest BCUT2D eigenvalue weighted by atomic mass is 9.79. The van der Waals surface area contributed by atoms with Crippen molar-refractivity contribution in [2.24, 2.45) is 11.8 Å². The lowest BCUT2D eigenvalue weighted by Gasteiger charge is -2.34. The number of hydrogen-bond acceptors (Lipinski definition) is 2. The topological polar surface area (TPSA) is 32.3 Å². The van der Waals surface area contributed by atoms with Gasteiger partial charge in [0.05, 0.1) is 0 Å². The number of hydrogen-bond donors (Lipinski definition) is 2. The van der Waals surface area contributed by atoms with E-state index in [0.717, 1.165) is 17.4 Å². The summed E-state index contributed by atoms with van der Waals surface area (Å²) in [6.07, 6.45) is 3.81. The average molecular weight is 247 g/mol. The van der Waals surface area contributed by atoms with Crippen molar-refractivity contribution in [3.8, 4) is 5.75 Å². The van der Waals surface area contributed by atoms with E-state index in [1.54, 1.807) is 6.07 Å². The van der Waals surface area contributed by atoms with Gasteiger partial charge in [0.15, 0.2) is 0 Å². The molecule has 18 heavy (non-hydrogen) atoms. The minimum atomic E-state index is 0.219. The fourth-order valence-electron chi connectivity index (χ4n) is 3.00. The highest BCUT2D eigenvalue weighted by molar-refractivity contribution is 5.34. The van der Waals surface area contributed by atoms with Gasteiger partial charge in [-0.2, -0.15) is 0 Å². The predicted molar refractivity (Wildman–Crippen MR) is 75.6 cm³/mol. The maximum Gasteiger partial charge on any atom is 0.120 e. The van der Waals surface area contributed by atoms with Crippen LogP contribution in [0.15, 0.2) is 24.3 Å². The Bertz CT molecular complexity index is 390. The highest BCUT2D eigenvalue weighted by Gasteiger charge is 2.25. The van der Waals surface area contributed by atoms with Crippen molar-refractivity contribution in [2.45, 2.75) is 52.1 Å². The van der Waals surface area contributed by atoms with E-state index in [0.29, 0.717) is 11.8 Å². The molecule has 0 amide bonds. The van der Waals surface area contributed by atoms with Crippen LogP contribution in [-0.4, -0.2) is 11.1 Å². The molecule has 0 spiro atoms. The predicted octanol–water partition coefficient (Wildman–Crippen LogP) is 3.87. The molecule has 1 aromatic carbocycles. The molecule has 0 saturated heterocycles. The van der Waals surface area contributed by atoms with Crippen LogP contribution in [0.25, 0.3) is 0 Å². The van der Waals surface area contributed by atoms with Gasteiger partial charge in [-0.15, -0.1) is 0 Å². The van der Waals surface area contributed by atoms with Crippen LogP contribution in [0, 0.1) is 11.8 Å². The maximum atomic E-state index is 9.86. The molecule has 0 heterocycles. The maximum absolute atomic E-state index is 9.86. The summed E-state index contributed by atoms with van der Waals surface area (Å²) in [6.45, 7) is 6.84. The number of phenols is 1. The second-order valence-corrected chi connectivity index (χ2v) is 5.91. The Labute approximate surface area is 110 Å². The second kappa shape index (κ2) is 5.75. The van der Waals surface area contributed by atoms with E-state index in [4.69, 9.17) is 0 Å². The molecule has 0 aliphatic heterocycles. The van der Waals surface area contributed by atoms with Gasteiger partial charge in [-0.3, -0.25) is 0 Å². The summed E-state index contributed by atoms with van der Waals surface area (Å²) >= 11 is 0. The summed E-state index contributed by atoms with van der Waals surface area (Å²) in [5.74, 6) is 2.05. The number of benzene rings is 1. The van der Waals surface area contributed by atoms with Crippen molar-refractivity contribution in [1.29, 1.82) is 0 Å². The van der Waals surface area contributed by atoms with Gasteiger partial charge >= 0.3 is 0 Å². The zero-order chi connectivity index (χ0) is 13.1. The van der Waals surface area contributed by atoms with Gasteiger partial charge in [0.2, 0.25) is 0 Å². The summed E-state index contributed by atoms with van der Waals surface area (Å²) in [5, 5.41) is 13.5. The third kappa shape index (κ3) is 3.05. The first-order chi connectivity index (χ1) is 8.58. The first-order valence-electron chi connectivity index (χ1n) is 7.12. The van der Waals surface area contributed by atoms with Crippen molar-refractivity contribution in [2.75, 3.05) is 0 Å². The van der Waals surface area contributed by atoms with Crippen LogP contribution in [-0.2, 0) is 0 Å². The molecule has 1 aromatic rings. The lowest BCUT2D eigenvalue weighted by molar-refractivity contribution is 0.217. The van der Waals surface area contributed by atoms with Gasteiger partial charge < -0.3 is 10.4 Å². The monoisotopic (exact) mass is 247 g/mol. The number of nitrogens with one attached hydrogen (secondary N) is 1. The van der Waals surface area contributed by atoms with E-state index < -0.39 is 0 Å². The minimum absolute atomic E-state index is 0.219. The van der Waals surface area contributed by atoms with Gasteiger partial charge in [-0.1, -0.05) is 32.0 Å². The molecule has 2 rings (SSSR count). The standard InChI is InChI=1S/C16H25NO/c1-11-8-9-14(10-12(11)2)17-13(3)15-6-4-5-7-16(15)18/h4-7,11-14,17-18H,8-10H2,1-3H3. The molecule has 2 N–H and O–H groups in total. The van der Waals surface area contributed by atoms with Crippen LogP contribution < -0.4 is 5.32 Å². The van der Waals surface area contributed by atoms with Crippen molar-refractivity contribution in [3.63, 3.8) is 0 Å². The summed E-state index contributed by atoms with van der Waals surface area (Å²) < 4.78 is 0. The Morgan fingerprint density at radius 1 is 1.17 bits per heavy atom. The van der Waals surface area contributed by atoms with Crippen molar-refractivity contribution in [3.05, 3.63) is 29.8 Å². The zero-order valence-electron chi connectivity index (χ0n) is 11.7. The molecule has 1 fully saturated rings. The van der Waals surface area contributed by atoms with E-state index >= 15 is 0 Å². The molecule has 0 bridgehead atoms. The molecule has 4 atom stereocenters. The van der Waals surface area contributed by atoms with E-state index in [1.165, 1.54) is 19.3 Å². The molecule has 1 aliphatic rings. The lowest BCUT2D eigenvalue weighted by Crippen LogP contribution is -2.37. The van der Waals surface area contributed by atoms with Gasteiger partial charge in [-0.25, -0.2) is 0 Å². The largest absolute Gasteiger partial charge is 0.508 e. The highest BCUT2D eigenvalue weighted by atomic mass is 16.3. The highest BCUT2D eigenvalue weighted by Crippen LogP contribution is 2.31. The third-order valence-corrected chi connectivity index (χ3v) is 4.49. The first kappa shape index (κ1) is 13.4. The summed E-state index contributed by atoms with van der Waals surface area (Å²) in [6, 6.07) is 8.43. The summed E-state index contributed by atoms with van der Waals surface area (Å²) in [4.78, 5) is 0. The molecule has 0 aromatic heterocycles. The molecule has 1 aliphatic carbocycles. The summed E-state index contributed by atoms with van der Waals surface area (Å²) in [5.41, 5.74) is 1.00. The van der Waals surface area contributed by atoms with Crippen molar-refractivity contribution < 1.29 is 5.11 Å². The Balaban J connectivity index is 1.96. The Hall–Kier alpha value is -1.02. The Kier molecular flexibility index (Phi) is 4.28. The Morgan fingerprint density at radius 3 is 2.56 bits per heavy atom. The van der Waals surface area contributed by atoms with Gasteiger partial charge in [-0.05, 0) is 44.1 Å². The van der Waals surface area contributed by atoms with Crippen LogP contribution >= 0.6 is 0 Å². The minimum Gasteiger partial charge on any atom is -0.508 e. The van der Waals surface area contributed by atoms with Crippen molar-refractivity contribution >= 4 is 0 Å². The van der Waals surface area contributed by atoms with Crippen LogP contribution in [0.2, 0.25) is 0 Å². The van der Waals surface area contributed by atoms with Crippen LogP contribution in [0.4, 0.5) is 0 Å². The fourth-order valence-corrected chi connectivity index (χ4v) is 3.00. The summed E-state index contributed by atoms with van der Waals surface area (Å²) in [7, 11) is 0. The third-order valence-electron chi connectivity index (χ3n) is 4.49. The Morgan fingerprint density at radius 2 is 1.89 bits per heavy atom. The smallest absolute Gasteiger partial charge is 0.120 e. The van der Waals surface area contributed by atoms with E-state index in [1.807, 2.05) is 18.2 Å². The van der Waals surface area contributed by atoms with E-state index in [2.05, 4.69) is 26.1 Å². The molecule has 2 heteroatoms. The van der Waals surface area contributed by atoms with Crippen LogP contribution in [0.3, 0.4) is 0 Å². The van der Waals surface area contributed by atoms with E-state index in [9.17, 15) is 5.11 Å².